The van der Waals surface area contributed by atoms with Crippen molar-refractivity contribution >= 4 is 17.5 Å². The van der Waals surface area contributed by atoms with E-state index >= 15 is 0 Å². The van der Waals surface area contributed by atoms with E-state index in [-0.39, 0.29) is 11.8 Å². The normalized spacial score (nSPS) is 23.5. The second-order valence-electron chi connectivity index (χ2n) is 5.50. The highest BCUT2D eigenvalue weighted by Gasteiger charge is 2.40. The smallest absolute Gasteiger partial charge is 0.252 e. The Balaban J connectivity index is 2.44. The number of hydrogen-bond acceptors (Lipinski definition) is 3. The van der Waals surface area contributed by atoms with E-state index in [1.165, 1.54) is 0 Å². The lowest BCUT2D eigenvalue weighted by Crippen LogP contribution is -2.55. The molecule has 1 aliphatic rings. The minimum atomic E-state index is -0.842. The van der Waals surface area contributed by atoms with Crippen molar-refractivity contribution in [1.82, 2.24) is 10.3 Å². The van der Waals surface area contributed by atoms with Crippen molar-refractivity contribution in [2.75, 3.05) is 11.4 Å². The number of anilines is 1. The number of aryl methyl sites for hydroxylation is 2. The minimum Gasteiger partial charge on any atom is -0.342 e. The third kappa shape index (κ3) is 2.53. The number of pyridine rings is 1. The Kier molecular flexibility index (Phi) is 3.79. The third-order valence-corrected chi connectivity index (χ3v) is 3.89. The van der Waals surface area contributed by atoms with Gasteiger partial charge in [-0.1, -0.05) is 6.92 Å². The van der Waals surface area contributed by atoms with Gasteiger partial charge in [0.2, 0.25) is 5.91 Å². The fourth-order valence-electron chi connectivity index (χ4n) is 2.47. The number of carbonyl (C=O) groups excluding carboxylic acids is 2. The molecule has 0 spiro atoms. The van der Waals surface area contributed by atoms with Crippen LogP contribution in [0.3, 0.4) is 0 Å². The molecule has 0 saturated carbocycles. The summed E-state index contributed by atoms with van der Waals surface area (Å²) in [5, 5.41) is 2.83. The van der Waals surface area contributed by atoms with Crippen molar-refractivity contribution in [3.63, 3.8) is 0 Å². The Labute approximate surface area is 119 Å². The molecular formula is C15H21N3O2. The number of hydrogen-bond donors (Lipinski definition) is 1. The molecule has 1 aromatic rings. The molecule has 1 aromatic heterocycles. The molecule has 0 radical (unpaired) electrons. The zero-order valence-corrected chi connectivity index (χ0v) is 12.5. The molecule has 1 atom stereocenters. The van der Waals surface area contributed by atoms with E-state index in [2.05, 4.69) is 10.3 Å². The van der Waals surface area contributed by atoms with E-state index in [9.17, 15) is 9.59 Å². The second kappa shape index (κ2) is 5.23. The predicted octanol–water partition coefficient (Wildman–Crippen LogP) is 1.72. The molecule has 1 fully saturated rings. The van der Waals surface area contributed by atoms with Crippen LogP contribution in [0.15, 0.2) is 12.1 Å². The van der Waals surface area contributed by atoms with Crippen molar-refractivity contribution in [3.8, 4) is 0 Å². The van der Waals surface area contributed by atoms with E-state index in [4.69, 9.17) is 0 Å². The van der Waals surface area contributed by atoms with Crippen LogP contribution in [-0.2, 0) is 9.59 Å². The molecule has 2 amide bonds. The highest BCUT2D eigenvalue weighted by Crippen LogP contribution is 2.25. The molecule has 0 aliphatic carbocycles. The predicted molar refractivity (Wildman–Crippen MR) is 77.5 cm³/mol. The highest BCUT2D eigenvalue weighted by molar-refractivity contribution is 6.04. The zero-order valence-electron chi connectivity index (χ0n) is 12.5. The Morgan fingerprint density at radius 2 is 2.05 bits per heavy atom. The van der Waals surface area contributed by atoms with Gasteiger partial charge in [0.05, 0.1) is 11.4 Å². The summed E-state index contributed by atoms with van der Waals surface area (Å²) >= 11 is 0. The average Bonchev–Trinajstić information content (AvgIpc) is 2.50. The number of amides is 2. The number of carbonyl (C=O) groups is 2. The molecule has 1 aliphatic heterocycles. The van der Waals surface area contributed by atoms with Gasteiger partial charge in [0.1, 0.15) is 5.54 Å². The maximum atomic E-state index is 12.8. The number of nitrogens with zero attached hydrogens (tertiary/aromatic N) is 2. The maximum absolute atomic E-state index is 12.8. The van der Waals surface area contributed by atoms with Crippen molar-refractivity contribution in [3.05, 3.63) is 23.5 Å². The second-order valence-corrected chi connectivity index (χ2v) is 5.50. The van der Waals surface area contributed by atoms with E-state index in [0.29, 0.717) is 19.4 Å². The van der Waals surface area contributed by atoms with Crippen molar-refractivity contribution < 1.29 is 9.59 Å². The van der Waals surface area contributed by atoms with Gasteiger partial charge in [-0.15, -0.1) is 0 Å². The van der Waals surface area contributed by atoms with Crippen LogP contribution in [0.25, 0.3) is 0 Å². The molecule has 1 saturated heterocycles. The summed E-state index contributed by atoms with van der Waals surface area (Å²) in [6, 6.07) is 3.79. The lowest BCUT2D eigenvalue weighted by Gasteiger charge is -2.31. The van der Waals surface area contributed by atoms with E-state index < -0.39 is 5.54 Å². The van der Waals surface area contributed by atoms with Crippen LogP contribution in [-0.4, -0.2) is 28.9 Å². The van der Waals surface area contributed by atoms with Gasteiger partial charge in [0.25, 0.3) is 5.91 Å². The summed E-state index contributed by atoms with van der Waals surface area (Å²) in [7, 11) is 0. The third-order valence-electron chi connectivity index (χ3n) is 3.89. The number of rotatable bonds is 2. The molecule has 5 nitrogen and oxygen atoms in total. The highest BCUT2D eigenvalue weighted by atomic mass is 16.2. The first kappa shape index (κ1) is 14.5. The molecule has 5 heteroatoms. The first-order valence-electron chi connectivity index (χ1n) is 6.94. The fourth-order valence-corrected chi connectivity index (χ4v) is 2.47. The van der Waals surface area contributed by atoms with Crippen LogP contribution in [0.2, 0.25) is 0 Å². The molecule has 2 heterocycles. The van der Waals surface area contributed by atoms with Crippen molar-refractivity contribution in [2.45, 2.75) is 46.1 Å². The molecule has 20 heavy (non-hydrogen) atoms. The fraction of sp³-hybridized carbons (Fsp3) is 0.533. The SMILES string of the molecule is CCC1(C)NC(=O)CCN(c2ccc(C)nc2C)C1=O. The van der Waals surface area contributed by atoms with Crippen molar-refractivity contribution in [1.29, 1.82) is 0 Å². The topological polar surface area (TPSA) is 62.3 Å². The lowest BCUT2D eigenvalue weighted by atomic mass is 9.97. The zero-order chi connectivity index (χ0) is 14.9. The van der Waals surface area contributed by atoms with Gasteiger partial charge in [0, 0.05) is 18.7 Å². The monoisotopic (exact) mass is 275 g/mol. The molecule has 0 aromatic carbocycles. The molecule has 1 unspecified atom stereocenters. The van der Waals surface area contributed by atoms with Crippen LogP contribution in [0.4, 0.5) is 5.69 Å². The maximum Gasteiger partial charge on any atom is 0.252 e. The van der Waals surface area contributed by atoms with Crippen LogP contribution in [0.1, 0.15) is 38.1 Å². The van der Waals surface area contributed by atoms with Gasteiger partial charge >= 0.3 is 0 Å². The Hall–Kier alpha value is -1.91. The molecule has 2 rings (SSSR count). The summed E-state index contributed by atoms with van der Waals surface area (Å²) in [4.78, 5) is 30.7. The summed E-state index contributed by atoms with van der Waals surface area (Å²) < 4.78 is 0. The Morgan fingerprint density at radius 3 is 2.65 bits per heavy atom. The van der Waals surface area contributed by atoms with Crippen molar-refractivity contribution in [2.24, 2.45) is 0 Å². The quantitative estimate of drug-likeness (QED) is 0.894. The minimum absolute atomic E-state index is 0.0698. The lowest BCUT2D eigenvalue weighted by molar-refractivity contribution is -0.129. The van der Waals surface area contributed by atoms with Gasteiger partial charge in [-0.25, -0.2) is 0 Å². The standard InChI is InChI=1S/C15H21N3O2/c1-5-15(4)14(20)18(9-8-13(19)17-15)12-7-6-10(2)16-11(12)3/h6-7H,5,8-9H2,1-4H3,(H,17,19). The van der Waals surface area contributed by atoms with E-state index in [0.717, 1.165) is 17.1 Å². The van der Waals surface area contributed by atoms with Gasteiger partial charge in [-0.2, -0.15) is 0 Å². The summed E-state index contributed by atoms with van der Waals surface area (Å²) in [5.74, 6) is -0.150. The Bertz CT molecular complexity index is 556. The van der Waals surface area contributed by atoms with E-state index in [1.807, 2.05) is 32.9 Å². The number of aromatic nitrogens is 1. The molecule has 108 valence electrons. The van der Waals surface area contributed by atoms with Crippen LogP contribution in [0.5, 0.6) is 0 Å². The van der Waals surface area contributed by atoms with E-state index in [1.54, 1.807) is 11.8 Å². The van der Waals surface area contributed by atoms with Crippen LogP contribution < -0.4 is 10.2 Å². The van der Waals surface area contributed by atoms with Gasteiger partial charge in [-0.3, -0.25) is 14.6 Å². The summed E-state index contributed by atoms with van der Waals surface area (Å²) in [5.41, 5.74) is 1.68. The first-order chi connectivity index (χ1) is 9.37. The Morgan fingerprint density at radius 1 is 1.35 bits per heavy atom. The van der Waals surface area contributed by atoms with Gasteiger partial charge < -0.3 is 10.2 Å². The first-order valence-corrected chi connectivity index (χ1v) is 6.94. The average molecular weight is 275 g/mol. The molecule has 1 N–H and O–H groups in total. The van der Waals surface area contributed by atoms with Crippen LogP contribution in [0, 0.1) is 13.8 Å². The van der Waals surface area contributed by atoms with Gasteiger partial charge in [0.15, 0.2) is 0 Å². The molecular weight excluding hydrogens is 254 g/mol. The van der Waals surface area contributed by atoms with Gasteiger partial charge in [-0.05, 0) is 39.3 Å². The molecule has 0 bridgehead atoms. The largest absolute Gasteiger partial charge is 0.342 e. The number of nitrogens with one attached hydrogen (secondary N) is 1. The van der Waals surface area contributed by atoms with Crippen LogP contribution >= 0.6 is 0 Å². The summed E-state index contributed by atoms with van der Waals surface area (Å²) in [6.07, 6.45) is 0.876. The summed E-state index contributed by atoms with van der Waals surface area (Å²) in [6.45, 7) is 7.89.